The predicted octanol–water partition coefficient (Wildman–Crippen LogP) is 3.82. The summed E-state index contributed by atoms with van der Waals surface area (Å²) in [5.41, 5.74) is 3.90. The normalized spacial score (nSPS) is 18.5. The molecule has 1 fully saturated rings. The summed E-state index contributed by atoms with van der Waals surface area (Å²) < 4.78 is 1.90. The highest BCUT2D eigenvalue weighted by Gasteiger charge is 2.16. The molecule has 0 radical (unpaired) electrons. The zero-order valence-corrected chi connectivity index (χ0v) is 14.9. The number of nitrogens with zero attached hydrogens (tertiary/aromatic N) is 2. The van der Waals surface area contributed by atoms with Crippen molar-refractivity contribution in [2.75, 3.05) is 18.4 Å². The molecule has 0 aliphatic carbocycles. The van der Waals surface area contributed by atoms with E-state index >= 15 is 0 Å². The van der Waals surface area contributed by atoms with Crippen LogP contribution in [-0.2, 0) is 13.6 Å². The van der Waals surface area contributed by atoms with Crippen molar-refractivity contribution >= 4 is 11.6 Å². The number of hydrogen-bond acceptors (Lipinski definition) is 2. The van der Waals surface area contributed by atoms with Gasteiger partial charge in [0, 0.05) is 31.5 Å². The molecule has 0 bridgehead atoms. The van der Waals surface area contributed by atoms with E-state index < -0.39 is 0 Å². The summed E-state index contributed by atoms with van der Waals surface area (Å²) in [5.74, 6) is 0.731. The van der Waals surface area contributed by atoms with Gasteiger partial charge in [-0.1, -0.05) is 19.1 Å². The first-order valence-corrected chi connectivity index (χ1v) is 8.78. The van der Waals surface area contributed by atoms with Gasteiger partial charge in [-0.15, -0.1) is 0 Å². The highest BCUT2D eigenvalue weighted by molar-refractivity contribution is 6.03. The number of anilines is 1. The number of aromatic nitrogens is 1. The molecule has 1 aliphatic rings. The van der Waals surface area contributed by atoms with Crippen LogP contribution in [0.25, 0.3) is 0 Å². The second-order valence-electron chi connectivity index (χ2n) is 7.05. The third kappa shape index (κ3) is 3.88. The van der Waals surface area contributed by atoms with Crippen LogP contribution >= 0.6 is 0 Å². The first-order chi connectivity index (χ1) is 11.5. The molecular formula is C20H27N3O. The number of carbonyl (C=O) groups excluding carboxylic acids is 1. The Morgan fingerprint density at radius 2 is 1.96 bits per heavy atom. The van der Waals surface area contributed by atoms with E-state index in [1.165, 1.54) is 31.5 Å². The summed E-state index contributed by atoms with van der Waals surface area (Å²) in [7, 11) is 1.91. The predicted molar refractivity (Wildman–Crippen MR) is 98.2 cm³/mol. The van der Waals surface area contributed by atoms with Crippen LogP contribution in [0.3, 0.4) is 0 Å². The molecule has 3 rings (SSSR count). The first-order valence-electron chi connectivity index (χ1n) is 8.78. The Balaban J connectivity index is 1.60. The van der Waals surface area contributed by atoms with Gasteiger partial charge in [0.1, 0.15) is 5.69 Å². The summed E-state index contributed by atoms with van der Waals surface area (Å²) in [6.45, 7) is 7.69. The Labute approximate surface area is 144 Å². The highest BCUT2D eigenvalue weighted by Crippen LogP contribution is 2.19. The number of aryl methyl sites for hydroxylation is 1. The molecule has 2 aromatic rings. The number of carbonyl (C=O) groups is 1. The van der Waals surface area contributed by atoms with Crippen molar-refractivity contribution in [1.29, 1.82) is 0 Å². The number of amides is 1. The molecule has 1 unspecified atom stereocenters. The van der Waals surface area contributed by atoms with Gasteiger partial charge in [-0.2, -0.15) is 0 Å². The summed E-state index contributed by atoms with van der Waals surface area (Å²) in [4.78, 5) is 14.9. The van der Waals surface area contributed by atoms with Crippen molar-refractivity contribution < 1.29 is 4.79 Å². The van der Waals surface area contributed by atoms with Gasteiger partial charge >= 0.3 is 0 Å². The first kappa shape index (κ1) is 16.8. The van der Waals surface area contributed by atoms with Gasteiger partial charge in [0.15, 0.2) is 0 Å². The van der Waals surface area contributed by atoms with Gasteiger partial charge in [-0.3, -0.25) is 9.69 Å². The van der Waals surface area contributed by atoms with Crippen molar-refractivity contribution in [2.24, 2.45) is 13.0 Å². The summed E-state index contributed by atoms with van der Waals surface area (Å²) in [5, 5.41) is 2.98. The largest absolute Gasteiger partial charge is 0.344 e. The molecule has 24 heavy (non-hydrogen) atoms. The van der Waals surface area contributed by atoms with Crippen LogP contribution in [0.1, 0.15) is 41.5 Å². The van der Waals surface area contributed by atoms with E-state index in [9.17, 15) is 4.79 Å². The van der Waals surface area contributed by atoms with Gasteiger partial charge in [0.05, 0.1) is 0 Å². The van der Waals surface area contributed by atoms with Gasteiger partial charge in [-0.25, -0.2) is 0 Å². The molecule has 0 saturated carbocycles. The summed E-state index contributed by atoms with van der Waals surface area (Å²) in [6, 6.07) is 12.0. The lowest BCUT2D eigenvalue weighted by atomic mass is 10.00. The highest BCUT2D eigenvalue weighted by atomic mass is 16.1. The van der Waals surface area contributed by atoms with Crippen molar-refractivity contribution in [3.05, 3.63) is 53.3 Å². The fraction of sp³-hybridized carbons (Fsp3) is 0.450. The molecular weight excluding hydrogens is 298 g/mol. The van der Waals surface area contributed by atoms with Crippen molar-refractivity contribution in [3.8, 4) is 0 Å². The zero-order valence-electron chi connectivity index (χ0n) is 14.9. The van der Waals surface area contributed by atoms with Crippen molar-refractivity contribution in [2.45, 2.75) is 33.2 Å². The average Bonchev–Trinajstić information content (AvgIpc) is 2.89. The van der Waals surface area contributed by atoms with E-state index in [2.05, 4.69) is 29.3 Å². The number of benzene rings is 1. The molecule has 1 amide bonds. The molecule has 1 N–H and O–H groups in total. The Kier molecular flexibility index (Phi) is 5.05. The van der Waals surface area contributed by atoms with Crippen LogP contribution in [0.15, 0.2) is 36.4 Å². The lowest BCUT2D eigenvalue weighted by molar-refractivity contribution is 0.101. The van der Waals surface area contributed by atoms with Gasteiger partial charge < -0.3 is 9.88 Å². The van der Waals surface area contributed by atoms with Crippen LogP contribution in [0.4, 0.5) is 5.69 Å². The maximum Gasteiger partial charge on any atom is 0.272 e. The van der Waals surface area contributed by atoms with Gasteiger partial charge in [0.2, 0.25) is 0 Å². The fourth-order valence-corrected chi connectivity index (χ4v) is 3.42. The number of hydrogen-bond donors (Lipinski definition) is 1. The third-order valence-corrected chi connectivity index (χ3v) is 4.96. The number of likely N-dealkylation sites (tertiary alicyclic amines) is 1. The van der Waals surface area contributed by atoms with Crippen LogP contribution in [-0.4, -0.2) is 28.5 Å². The van der Waals surface area contributed by atoms with E-state index in [0.29, 0.717) is 5.69 Å². The zero-order chi connectivity index (χ0) is 17.1. The second-order valence-corrected chi connectivity index (χ2v) is 7.05. The SMILES string of the molecule is Cc1ccc(C(=O)Nc2ccc(CN3CCCC(C)C3)cc2)n1C. The molecule has 128 valence electrons. The fourth-order valence-electron chi connectivity index (χ4n) is 3.42. The molecule has 1 aromatic heterocycles. The van der Waals surface area contributed by atoms with Crippen LogP contribution < -0.4 is 5.32 Å². The van der Waals surface area contributed by atoms with Gasteiger partial charge in [0.25, 0.3) is 5.91 Å². The lowest BCUT2D eigenvalue weighted by Gasteiger charge is -2.30. The summed E-state index contributed by atoms with van der Waals surface area (Å²) >= 11 is 0. The lowest BCUT2D eigenvalue weighted by Crippen LogP contribution is -2.33. The molecule has 1 atom stereocenters. The Hall–Kier alpha value is -2.07. The third-order valence-electron chi connectivity index (χ3n) is 4.96. The van der Waals surface area contributed by atoms with E-state index in [-0.39, 0.29) is 5.91 Å². The molecule has 0 spiro atoms. The Bertz CT molecular complexity index is 702. The van der Waals surface area contributed by atoms with E-state index in [4.69, 9.17) is 0 Å². The van der Waals surface area contributed by atoms with Gasteiger partial charge in [-0.05, 0) is 62.1 Å². The minimum atomic E-state index is -0.0665. The van der Waals surface area contributed by atoms with E-state index in [0.717, 1.165) is 23.8 Å². The van der Waals surface area contributed by atoms with E-state index in [1.54, 1.807) is 0 Å². The summed E-state index contributed by atoms with van der Waals surface area (Å²) in [6.07, 6.45) is 2.64. The second kappa shape index (κ2) is 7.22. The van der Waals surface area contributed by atoms with Crippen LogP contribution in [0.2, 0.25) is 0 Å². The van der Waals surface area contributed by atoms with Crippen LogP contribution in [0, 0.1) is 12.8 Å². The molecule has 2 heterocycles. The molecule has 1 aliphatic heterocycles. The number of rotatable bonds is 4. The molecule has 4 heteroatoms. The van der Waals surface area contributed by atoms with Crippen LogP contribution in [0.5, 0.6) is 0 Å². The topological polar surface area (TPSA) is 37.3 Å². The number of nitrogens with one attached hydrogen (secondary N) is 1. The molecule has 1 saturated heterocycles. The minimum absolute atomic E-state index is 0.0665. The standard InChI is InChI=1S/C20H27N3O/c1-15-5-4-12-23(13-15)14-17-7-9-18(10-8-17)21-20(24)19-11-6-16(2)22(19)3/h6-11,15H,4-5,12-14H2,1-3H3,(H,21,24). The van der Waals surface area contributed by atoms with Crippen molar-refractivity contribution in [1.82, 2.24) is 9.47 Å². The Morgan fingerprint density at radius 3 is 2.58 bits per heavy atom. The maximum absolute atomic E-state index is 12.3. The molecule has 1 aromatic carbocycles. The molecule has 4 nitrogen and oxygen atoms in total. The van der Waals surface area contributed by atoms with Crippen molar-refractivity contribution in [3.63, 3.8) is 0 Å². The van der Waals surface area contributed by atoms with E-state index in [1.807, 2.05) is 42.8 Å². The monoisotopic (exact) mass is 325 g/mol. The average molecular weight is 325 g/mol. The smallest absolute Gasteiger partial charge is 0.272 e. The minimum Gasteiger partial charge on any atom is -0.344 e. The Morgan fingerprint density at radius 1 is 1.21 bits per heavy atom. The quantitative estimate of drug-likeness (QED) is 0.928. The number of piperidine rings is 1. The maximum atomic E-state index is 12.3.